The maximum absolute atomic E-state index is 5.76. The number of halogens is 1. The predicted octanol–water partition coefficient (Wildman–Crippen LogP) is 2.67. The zero-order valence-corrected chi connectivity index (χ0v) is 13.1. The third-order valence-corrected chi connectivity index (χ3v) is 2.37. The second-order valence-corrected chi connectivity index (χ2v) is 4.40. The Labute approximate surface area is 121 Å². The minimum absolute atomic E-state index is 0. The number of benzene rings is 1. The first kappa shape index (κ1) is 16.2. The SMILES string of the molecule is Cc1ccccc1CN=C(N)NCC(C)C.I. The highest BCUT2D eigenvalue weighted by Crippen LogP contribution is 2.07. The Hall–Kier alpha value is -0.780. The largest absolute Gasteiger partial charge is 0.370 e. The number of hydrogen-bond acceptors (Lipinski definition) is 1. The lowest BCUT2D eigenvalue weighted by atomic mass is 10.1. The van der Waals surface area contributed by atoms with Crippen LogP contribution < -0.4 is 11.1 Å². The highest BCUT2D eigenvalue weighted by molar-refractivity contribution is 14.0. The van der Waals surface area contributed by atoms with Crippen LogP contribution in [0.3, 0.4) is 0 Å². The lowest BCUT2D eigenvalue weighted by molar-refractivity contribution is 0.622. The summed E-state index contributed by atoms with van der Waals surface area (Å²) in [5.74, 6) is 1.10. The number of guanidine groups is 1. The minimum Gasteiger partial charge on any atom is -0.370 e. The third kappa shape index (κ3) is 6.51. The van der Waals surface area contributed by atoms with Gasteiger partial charge in [-0.05, 0) is 24.0 Å². The van der Waals surface area contributed by atoms with Gasteiger partial charge in [0, 0.05) is 6.54 Å². The summed E-state index contributed by atoms with van der Waals surface area (Å²) < 4.78 is 0. The first-order chi connectivity index (χ1) is 7.59. The summed E-state index contributed by atoms with van der Waals surface area (Å²) in [7, 11) is 0. The Kier molecular flexibility index (Phi) is 7.95. The molecule has 0 saturated heterocycles. The van der Waals surface area contributed by atoms with E-state index >= 15 is 0 Å². The van der Waals surface area contributed by atoms with Crippen molar-refractivity contribution in [3.8, 4) is 0 Å². The van der Waals surface area contributed by atoms with Crippen molar-refractivity contribution in [2.45, 2.75) is 27.3 Å². The molecule has 0 radical (unpaired) electrons. The van der Waals surface area contributed by atoms with Crippen molar-refractivity contribution >= 4 is 29.9 Å². The Balaban J connectivity index is 0.00000256. The van der Waals surface area contributed by atoms with E-state index < -0.39 is 0 Å². The van der Waals surface area contributed by atoms with E-state index in [1.54, 1.807) is 0 Å². The average Bonchev–Trinajstić information content (AvgIpc) is 2.25. The van der Waals surface area contributed by atoms with Crippen molar-refractivity contribution in [2.24, 2.45) is 16.6 Å². The fourth-order valence-corrected chi connectivity index (χ4v) is 1.32. The lowest BCUT2D eigenvalue weighted by Crippen LogP contribution is -2.34. The first-order valence-corrected chi connectivity index (χ1v) is 5.68. The number of rotatable bonds is 4. The summed E-state index contributed by atoms with van der Waals surface area (Å²) in [4.78, 5) is 4.31. The summed E-state index contributed by atoms with van der Waals surface area (Å²) in [5, 5.41) is 3.10. The maximum atomic E-state index is 5.76. The van der Waals surface area contributed by atoms with Gasteiger partial charge in [-0.3, -0.25) is 0 Å². The summed E-state index contributed by atoms with van der Waals surface area (Å²) in [6.45, 7) is 7.87. The zero-order chi connectivity index (χ0) is 12.0. The second kappa shape index (κ2) is 8.33. The molecule has 0 aliphatic rings. The number of nitrogens with one attached hydrogen (secondary N) is 1. The van der Waals surface area contributed by atoms with Crippen LogP contribution in [0.1, 0.15) is 25.0 Å². The number of nitrogens with zero attached hydrogens (tertiary/aromatic N) is 1. The van der Waals surface area contributed by atoms with Crippen LogP contribution in [0.4, 0.5) is 0 Å². The quantitative estimate of drug-likeness (QED) is 0.500. The molecule has 3 N–H and O–H groups in total. The van der Waals surface area contributed by atoms with Crippen LogP contribution in [-0.4, -0.2) is 12.5 Å². The highest BCUT2D eigenvalue weighted by atomic mass is 127. The lowest BCUT2D eigenvalue weighted by Gasteiger charge is -2.08. The molecule has 0 spiro atoms. The van der Waals surface area contributed by atoms with Crippen molar-refractivity contribution in [1.82, 2.24) is 5.32 Å². The van der Waals surface area contributed by atoms with Gasteiger partial charge in [-0.1, -0.05) is 38.1 Å². The minimum atomic E-state index is 0. The zero-order valence-electron chi connectivity index (χ0n) is 10.7. The molecule has 1 rings (SSSR count). The van der Waals surface area contributed by atoms with Gasteiger partial charge in [0.15, 0.2) is 5.96 Å². The second-order valence-electron chi connectivity index (χ2n) is 4.40. The van der Waals surface area contributed by atoms with Crippen LogP contribution in [0.15, 0.2) is 29.3 Å². The molecule has 1 aromatic rings. The van der Waals surface area contributed by atoms with Gasteiger partial charge < -0.3 is 11.1 Å². The van der Waals surface area contributed by atoms with Crippen LogP contribution in [0.2, 0.25) is 0 Å². The maximum Gasteiger partial charge on any atom is 0.188 e. The molecule has 0 unspecified atom stereocenters. The molecule has 17 heavy (non-hydrogen) atoms. The average molecular weight is 347 g/mol. The molecule has 0 aromatic heterocycles. The van der Waals surface area contributed by atoms with Crippen LogP contribution in [0, 0.1) is 12.8 Å². The smallest absolute Gasteiger partial charge is 0.188 e. The Morgan fingerprint density at radius 3 is 2.59 bits per heavy atom. The van der Waals surface area contributed by atoms with Crippen molar-refractivity contribution in [3.05, 3.63) is 35.4 Å². The van der Waals surface area contributed by atoms with Gasteiger partial charge in [-0.15, -0.1) is 24.0 Å². The van der Waals surface area contributed by atoms with E-state index in [2.05, 4.69) is 43.2 Å². The first-order valence-electron chi connectivity index (χ1n) is 5.68. The van der Waals surface area contributed by atoms with E-state index in [9.17, 15) is 0 Å². The Bertz CT molecular complexity index is 361. The van der Waals surface area contributed by atoms with Crippen LogP contribution in [-0.2, 0) is 6.54 Å². The third-order valence-electron chi connectivity index (χ3n) is 2.37. The summed E-state index contributed by atoms with van der Waals surface area (Å²) in [6, 6.07) is 8.22. The molecule has 0 atom stereocenters. The van der Waals surface area contributed by atoms with Gasteiger partial charge in [0.2, 0.25) is 0 Å². The van der Waals surface area contributed by atoms with E-state index in [4.69, 9.17) is 5.73 Å². The van der Waals surface area contributed by atoms with Crippen LogP contribution >= 0.6 is 24.0 Å². The number of nitrogens with two attached hydrogens (primary N) is 1. The summed E-state index contributed by atoms with van der Waals surface area (Å²) in [5.41, 5.74) is 8.23. The molecule has 0 fully saturated rings. The molecule has 1 aromatic carbocycles. The molecule has 96 valence electrons. The van der Waals surface area contributed by atoms with Crippen LogP contribution in [0.25, 0.3) is 0 Å². The monoisotopic (exact) mass is 347 g/mol. The van der Waals surface area contributed by atoms with E-state index in [0.29, 0.717) is 18.4 Å². The Morgan fingerprint density at radius 1 is 1.35 bits per heavy atom. The molecule has 0 amide bonds. The van der Waals surface area contributed by atoms with Gasteiger partial charge in [-0.25, -0.2) is 4.99 Å². The molecule has 0 bridgehead atoms. The molecule has 0 aliphatic carbocycles. The van der Waals surface area contributed by atoms with Crippen molar-refractivity contribution < 1.29 is 0 Å². The topological polar surface area (TPSA) is 50.4 Å². The number of aryl methyl sites for hydroxylation is 1. The fourth-order valence-electron chi connectivity index (χ4n) is 1.32. The standard InChI is InChI=1S/C13H21N3.HI/c1-10(2)8-15-13(14)16-9-12-7-5-4-6-11(12)3;/h4-7,10H,8-9H2,1-3H3,(H3,14,15,16);1H. The van der Waals surface area contributed by atoms with Gasteiger partial charge >= 0.3 is 0 Å². The van der Waals surface area contributed by atoms with E-state index in [1.807, 2.05) is 12.1 Å². The summed E-state index contributed by atoms with van der Waals surface area (Å²) >= 11 is 0. The van der Waals surface area contributed by atoms with Crippen LogP contribution in [0.5, 0.6) is 0 Å². The number of hydrogen-bond donors (Lipinski definition) is 2. The van der Waals surface area contributed by atoms with E-state index in [1.165, 1.54) is 11.1 Å². The van der Waals surface area contributed by atoms with Crippen molar-refractivity contribution in [3.63, 3.8) is 0 Å². The molecule has 4 heteroatoms. The molecule has 0 saturated carbocycles. The van der Waals surface area contributed by atoms with Crippen molar-refractivity contribution in [2.75, 3.05) is 6.54 Å². The van der Waals surface area contributed by atoms with Gasteiger partial charge in [0.1, 0.15) is 0 Å². The predicted molar refractivity (Wildman–Crippen MR) is 84.8 cm³/mol. The fraction of sp³-hybridized carbons (Fsp3) is 0.462. The van der Waals surface area contributed by atoms with E-state index in [0.717, 1.165) is 6.54 Å². The molecule has 3 nitrogen and oxygen atoms in total. The van der Waals surface area contributed by atoms with Gasteiger partial charge in [-0.2, -0.15) is 0 Å². The Morgan fingerprint density at radius 2 is 2.00 bits per heavy atom. The van der Waals surface area contributed by atoms with E-state index in [-0.39, 0.29) is 24.0 Å². The van der Waals surface area contributed by atoms with Gasteiger partial charge in [0.25, 0.3) is 0 Å². The normalized spacial score (nSPS) is 11.2. The molecular weight excluding hydrogens is 325 g/mol. The molecule has 0 heterocycles. The number of aliphatic imine (C=N–C) groups is 1. The summed E-state index contributed by atoms with van der Waals surface area (Å²) in [6.07, 6.45) is 0. The highest BCUT2D eigenvalue weighted by Gasteiger charge is 1.97. The van der Waals surface area contributed by atoms with Gasteiger partial charge in [0.05, 0.1) is 6.54 Å². The van der Waals surface area contributed by atoms with Crippen molar-refractivity contribution in [1.29, 1.82) is 0 Å². The molecular formula is C13H22IN3. The molecule has 0 aliphatic heterocycles.